The summed E-state index contributed by atoms with van der Waals surface area (Å²) >= 11 is 0. The van der Waals surface area contributed by atoms with Crippen LogP contribution in [0.4, 0.5) is 0 Å². The van der Waals surface area contributed by atoms with E-state index in [2.05, 4.69) is 10.3 Å². The first-order valence-corrected chi connectivity index (χ1v) is 11.4. The van der Waals surface area contributed by atoms with Gasteiger partial charge in [-0.3, -0.25) is 9.78 Å². The van der Waals surface area contributed by atoms with Crippen LogP contribution in [0.1, 0.15) is 15.9 Å². The molecule has 0 aliphatic rings. The maximum atomic E-state index is 13.3. The molecule has 1 amide bonds. The van der Waals surface area contributed by atoms with Gasteiger partial charge in [-0.2, -0.15) is 0 Å². The predicted molar refractivity (Wildman–Crippen MR) is 138 cm³/mol. The number of carbonyl (C=O) groups is 2. The predicted octanol–water partition coefficient (Wildman–Crippen LogP) is 5.50. The number of pyridine rings is 2. The number of fused-ring (bicyclic) bond motifs is 1. The fraction of sp³-hybridized carbons (Fsp3) is 0.0667. The standard InChI is InChI=1S/C30H23N3O2/c34-20-25(17-21-7-2-1-3-8-21)32-30(35)27-18-29(33-28-11-5-4-10-26(27)28)23-14-12-22(13-15-23)24-9-6-16-31-19-24/h1-16,18-20,25H,17H2,(H,32,35). The fourth-order valence-electron chi connectivity index (χ4n) is 4.13. The van der Waals surface area contributed by atoms with Crippen LogP contribution in [0.3, 0.4) is 0 Å². The van der Waals surface area contributed by atoms with Crippen molar-refractivity contribution in [3.05, 3.63) is 121 Å². The molecule has 5 aromatic rings. The van der Waals surface area contributed by atoms with Crippen LogP contribution in [0.25, 0.3) is 33.3 Å². The third-order valence-electron chi connectivity index (χ3n) is 5.92. The van der Waals surface area contributed by atoms with Gasteiger partial charge in [0.1, 0.15) is 6.29 Å². The first kappa shape index (κ1) is 22.2. The number of benzene rings is 3. The Morgan fingerprint density at radius 2 is 1.57 bits per heavy atom. The third-order valence-corrected chi connectivity index (χ3v) is 5.92. The van der Waals surface area contributed by atoms with Gasteiger partial charge in [0.2, 0.25) is 0 Å². The second-order valence-corrected chi connectivity index (χ2v) is 8.30. The number of rotatable bonds is 7. The summed E-state index contributed by atoms with van der Waals surface area (Å²) in [4.78, 5) is 34.1. The molecule has 0 aliphatic carbocycles. The maximum Gasteiger partial charge on any atom is 0.252 e. The Bertz CT molecular complexity index is 1470. The zero-order chi connectivity index (χ0) is 24.0. The molecule has 0 aliphatic heterocycles. The van der Waals surface area contributed by atoms with E-state index in [-0.39, 0.29) is 5.91 Å². The molecule has 3 aromatic carbocycles. The van der Waals surface area contributed by atoms with Crippen molar-refractivity contribution >= 4 is 23.1 Å². The molecule has 0 fully saturated rings. The van der Waals surface area contributed by atoms with Gasteiger partial charge in [-0.15, -0.1) is 0 Å². The summed E-state index contributed by atoms with van der Waals surface area (Å²) in [6.07, 6.45) is 4.79. The van der Waals surface area contributed by atoms with E-state index < -0.39 is 6.04 Å². The minimum atomic E-state index is -0.626. The van der Waals surface area contributed by atoms with Crippen molar-refractivity contribution in [2.75, 3.05) is 0 Å². The Balaban J connectivity index is 1.46. The van der Waals surface area contributed by atoms with Crippen molar-refractivity contribution in [3.8, 4) is 22.4 Å². The van der Waals surface area contributed by atoms with Crippen LogP contribution in [0, 0.1) is 0 Å². The molecule has 2 heterocycles. The van der Waals surface area contributed by atoms with E-state index in [1.807, 2.05) is 97.2 Å². The SMILES string of the molecule is O=CC(Cc1ccccc1)NC(=O)c1cc(-c2ccc(-c3cccnc3)cc2)nc2ccccc12. The molecule has 0 bridgehead atoms. The molecule has 0 radical (unpaired) electrons. The Morgan fingerprint density at radius 3 is 2.31 bits per heavy atom. The lowest BCUT2D eigenvalue weighted by Gasteiger charge is -2.15. The first-order chi connectivity index (χ1) is 17.2. The second-order valence-electron chi connectivity index (χ2n) is 8.30. The van der Waals surface area contributed by atoms with Crippen molar-refractivity contribution in [1.82, 2.24) is 15.3 Å². The highest BCUT2D eigenvalue weighted by Gasteiger charge is 2.18. The Morgan fingerprint density at radius 1 is 0.829 bits per heavy atom. The highest BCUT2D eigenvalue weighted by molar-refractivity contribution is 6.07. The number of carbonyl (C=O) groups excluding carboxylic acids is 2. The molecule has 1 unspecified atom stereocenters. The van der Waals surface area contributed by atoms with Gasteiger partial charge >= 0.3 is 0 Å². The van der Waals surface area contributed by atoms with Gasteiger partial charge in [0.15, 0.2) is 0 Å². The molecule has 0 saturated carbocycles. The topological polar surface area (TPSA) is 72.0 Å². The van der Waals surface area contributed by atoms with Crippen LogP contribution in [-0.4, -0.2) is 28.2 Å². The molecule has 35 heavy (non-hydrogen) atoms. The summed E-state index contributed by atoms with van der Waals surface area (Å²) in [6.45, 7) is 0. The monoisotopic (exact) mass is 457 g/mol. The van der Waals surface area contributed by atoms with Crippen LogP contribution < -0.4 is 5.32 Å². The number of aldehydes is 1. The highest BCUT2D eigenvalue weighted by atomic mass is 16.2. The first-order valence-electron chi connectivity index (χ1n) is 11.4. The number of nitrogens with zero attached hydrogens (tertiary/aromatic N) is 2. The van der Waals surface area contributed by atoms with Crippen molar-refractivity contribution in [1.29, 1.82) is 0 Å². The lowest BCUT2D eigenvalue weighted by molar-refractivity contribution is -0.109. The summed E-state index contributed by atoms with van der Waals surface area (Å²) in [6, 6.07) is 30.3. The number of aromatic nitrogens is 2. The molecule has 1 atom stereocenters. The van der Waals surface area contributed by atoms with Gasteiger partial charge in [-0.25, -0.2) is 4.98 Å². The molecular weight excluding hydrogens is 434 g/mol. The summed E-state index contributed by atoms with van der Waals surface area (Å²) in [5, 5.41) is 3.63. The van der Waals surface area contributed by atoms with Crippen LogP contribution >= 0.6 is 0 Å². The van der Waals surface area contributed by atoms with E-state index >= 15 is 0 Å². The van der Waals surface area contributed by atoms with Gasteiger partial charge < -0.3 is 10.1 Å². The molecule has 0 spiro atoms. The molecular formula is C30H23N3O2. The largest absolute Gasteiger partial charge is 0.342 e. The zero-order valence-electron chi connectivity index (χ0n) is 19.0. The van der Waals surface area contributed by atoms with E-state index in [9.17, 15) is 9.59 Å². The molecule has 5 heteroatoms. The molecule has 1 N–H and O–H groups in total. The van der Waals surface area contributed by atoms with Gasteiger partial charge in [-0.1, -0.05) is 78.9 Å². The van der Waals surface area contributed by atoms with Crippen LogP contribution in [0.2, 0.25) is 0 Å². The van der Waals surface area contributed by atoms with Crippen LogP contribution in [-0.2, 0) is 11.2 Å². The number of amides is 1. The van der Waals surface area contributed by atoms with E-state index in [1.165, 1.54) is 0 Å². The van der Waals surface area contributed by atoms with Crippen LogP contribution in [0.5, 0.6) is 0 Å². The maximum absolute atomic E-state index is 13.3. The smallest absolute Gasteiger partial charge is 0.252 e. The molecule has 0 saturated heterocycles. The van der Waals surface area contributed by atoms with Gasteiger partial charge in [-0.05, 0) is 41.3 Å². The van der Waals surface area contributed by atoms with E-state index in [0.717, 1.165) is 39.4 Å². The highest BCUT2D eigenvalue weighted by Crippen LogP contribution is 2.27. The molecule has 5 nitrogen and oxygen atoms in total. The average molecular weight is 458 g/mol. The van der Waals surface area contributed by atoms with E-state index in [0.29, 0.717) is 17.7 Å². The van der Waals surface area contributed by atoms with Crippen molar-refractivity contribution < 1.29 is 9.59 Å². The Kier molecular flexibility index (Phi) is 6.39. The minimum absolute atomic E-state index is 0.301. The number of hydrogen-bond acceptors (Lipinski definition) is 4. The Labute approximate surface area is 203 Å². The van der Waals surface area contributed by atoms with Gasteiger partial charge in [0, 0.05) is 23.3 Å². The second kappa shape index (κ2) is 10.1. The lowest BCUT2D eigenvalue weighted by atomic mass is 10.0. The minimum Gasteiger partial charge on any atom is -0.342 e. The van der Waals surface area contributed by atoms with E-state index in [1.54, 1.807) is 12.3 Å². The fourth-order valence-corrected chi connectivity index (χ4v) is 4.13. The van der Waals surface area contributed by atoms with Crippen molar-refractivity contribution in [2.45, 2.75) is 12.5 Å². The normalized spacial score (nSPS) is 11.7. The summed E-state index contributed by atoms with van der Waals surface area (Å²) in [5.41, 5.74) is 5.86. The van der Waals surface area contributed by atoms with Crippen molar-refractivity contribution in [3.63, 3.8) is 0 Å². The summed E-state index contributed by atoms with van der Waals surface area (Å²) < 4.78 is 0. The average Bonchev–Trinajstić information content (AvgIpc) is 2.93. The Hall–Kier alpha value is -4.64. The molecule has 2 aromatic heterocycles. The van der Waals surface area contributed by atoms with Gasteiger partial charge in [0.05, 0.1) is 22.8 Å². The number of hydrogen-bond donors (Lipinski definition) is 1. The van der Waals surface area contributed by atoms with Gasteiger partial charge in [0.25, 0.3) is 5.91 Å². The molecule has 170 valence electrons. The third kappa shape index (κ3) is 4.99. The van der Waals surface area contributed by atoms with Crippen LogP contribution in [0.15, 0.2) is 109 Å². The summed E-state index contributed by atoms with van der Waals surface area (Å²) in [5.74, 6) is -0.301. The summed E-state index contributed by atoms with van der Waals surface area (Å²) in [7, 11) is 0. The number of para-hydroxylation sites is 1. The van der Waals surface area contributed by atoms with Crippen molar-refractivity contribution in [2.24, 2.45) is 0 Å². The lowest BCUT2D eigenvalue weighted by Crippen LogP contribution is -2.37. The molecule has 5 rings (SSSR count). The quantitative estimate of drug-likeness (QED) is 0.328. The van der Waals surface area contributed by atoms with E-state index in [4.69, 9.17) is 4.98 Å². The zero-order valence-corrected chi connectivity index (χ0v) is 19.0. The number of nitrogens with one attached hydrogen (secondary N) is 1.